The number of anilines is 2. The number of benzene rings is 1. The van der Waals surface area contributed by atoms with E-state index in [-0.39, 0.29) is 18.0 Å². The quantitative estimate of drug-likeness (QED) is 0.805. The SMILES string of the molecule is CN(C)c1ccc(C(=O)N2CCc3nc(NC(=O)NC4CCCC4)sc3C2)cc1. The van der Waals surface area contributed by atoms with Crippen LogP contribution < -0.4 is 15.5 Å². The van der Waals surface area contributed by atoms with Gasteiger partial charge in [0.25, 0.3) is 5.91 Å². The molecule has 4 rings (SSSR count). The average molecular weight is 414 g/mol. The molecule has 1 fully saturated rings. The molecule has 0 bridgehead atoms. The van der Waals surface area contributed by atoms with Gasteiger partial charge < -0.3 is 15.1 Å². The number of carbonyl (C=O) groups is 2. The molecule has 0 unspecified atom stereocenters. The summed E-state index contributed by atoms with van der Waals surface area (Å²) in [4.78, 5) is 34.6. The van der Waals surface area contributed by atoms with Gasteiger partial charge in [0.2, 0.25) is 0 Å². The van der Waals surface area contributed by atoms with Crippen molar-refractivity contribution in [3.05, 3.63) is 40.4 Å². The molecule has 154 valence electrons. The molecule has 0 spiro atoms. The Morgan fingerprint density at radius 2 is 1.90 bits per heavy atom. The van der Waals surface area contributed by atoms with E-state index in [1.54, 1.807) is 0 Å². The van der Waals surface area contributed by atoms with E-state index in [2.05, 4.69) is 15.6 Å². The van der Waals surface area contributed by atoms with Crippen LogP contribution in [0.2, 0.25) is 0 Å². The zero-order valence-electron chi connectivity index (χ0n) is 16.9. The van der Waals surface area contributed by atoms with Gasteiger partial charge in [-0.05, 0) is 37.1 Å². The fourth-order valence-corrected chi connectivity index (χ4v) is 4.91. The number of rotatable bonds is 4. The van der Waals surface area contributed by atoms with Gasteiger partial charge in [0.05, 0.1) is 12.2 Å². The molecule has 1 saturated carbocycles. The number of carbonyl (C=O) groups excluding carboxylic acids is 2. The van der Waals surface area contributed by atoms with Crippen molar-refractivity contribution in [3.8, 4) is 0 Å². The predicted octanol–water partition coefficient (Wildman–Crippen LogP) is 3.47. The lowest BCUT2D eigenvalue weighted by atomic mass is 10.1. The van der Waals surface area contributed by atoms with Crippen molar-refractivity contribution >= 4 is 34.1 Å². The van der Waals surface area contributed by atoms with E-state index in [4.69, 9.17) is 0 Å². The first-order chi connectivity index (χ1) is 14.0. The Kier molecular flexibility index (Phi) is 5.71. The number of aromatic nitrogens is 1. The molecule has 1 aliphatic heterocycles. The molecule has 0 atom stereocenters. The molecule has 2 heterocycles. The maximum Gasteiger partial charge on any atom is 0.321 e. The second kappa shape index (κ2) is 8.41. The van der Waals surface area contributed by atoms with Crippen molar-refractivity contribution in [3.63, 3.8) is 0 Å². The van der Waals surface area contributed by atoms with E-state index in [0.29, 0.717) is 30.2 Å². The third kappa shape index (κ3) is 4.53. The van der Waals surface area contributed by atoms with Crippen molar-refractivity contribution in [1.29, 1.82) is 0 Å². The third-order valence-corrected chi connectivity index (χ3v) is 6.56. The molecule has 29 heavy (non-hydrogen) atoms. The standard InChI is InChI=1S/C21H27N5O2S/c1-25(2)16-9-7-14(8-10-16)19(27)26-12-11-17-18(13-26)29-21(23-17)24-20(28)22-15-5-3-4-6-15/h7-10,15H,3-6,11-13H2,1-2H3,(H2,22,23,24,28). The van der Waals surface area contributed by atoms with Gasteiger partial charge in [0.15, 0.2) is 5.13 Å². The minimum atomic E-state index is -0.183. The minimum Gasteiger partial charge on any atom is -0.378 e. The molecular weight excluding hydrogens is 386 g/mol. The highest BCUT2D eigenvalue weighted by atomic mass is 32.1. The number of amides is 3. The number of nitrogens with one attached hydrogen (secondary N) is 2. The Morgan fingerprint density at radius 1 is 1.17 bits per heavy atom. The van der Waals surface area contributed by atoms with Gasteiger partial charge in [-0.3, -0.25) is 10.1 Å². The van der Waals surface area contributed by atoms with E-state index in [1.165, 1.54) is 24.2 Å². The second-order valence-electron chi connectivity index (χ2n) is 7.89. The summed E-state index contributed by atoms with van der Waals surface area (Å²) < 4.78 is 0. The molecule has 2 aliphatic rings. The molecule has 7 nitrogen and oxygen atoms in total. The van der Waals surface area contributed by atoms with Crippen LogP contribution in [0.4, 0.5) is 15.6 Å². The molecule has 1 aromatic heterocycles. The lowest BCUT2D eigenvalue weighted by molar-refractivity contribution is 0.0736. The minimum absolute atomic E-state index is 0.0304. The van der Waals surface area contributed by atoms with Crippen LogP contribution in [0.5, 0.6) is 0 Å². The molecule has 0 saturated heterocycles. The topological polar surface area (TPSA) is 77.6 Å². The Hall–Kier alpha value is -2.61. The van der Waals surface area contributed by atoms with Crippen molar-refractivity contribution in [2.75, 3.05) is 30.9 Å². The van der Waals surface area contributed by atoms with Crippen LogP contribution in [0.15, 0.2) is 24.3 Å². The van der Waals surface area contributed by atoms with Crippen LogP contribution in [0.3, 0.4) is 0 Å². The molecule has 2 aromatic rings. The predicted molar refractivity (Wildman–Crippen MR) is 116 cm³/mol. The Balaban J connectivity index is 1.38. The summed E-state index contributed by atoms with van der Waals surface area (Å²) in [5, 5.41) is 6.49. The largest absolute Gasteiger partial charge is 0.378 e. The fourth-order valence-electron chi connectivity index (χ4n) is 3.90. The van der Waals surface area contributed by atoms with Gasteiger partial charge in [-0.2, -0.15) is 0 Å². The van der Waals surface area contributed by atoms with Crippen LogP contribution >= 0.6 is 11.3 Å². The molecule has 2 N–H and O–H groups in total. The summed E-state index contributed by atoms with van der Waals surface area (Å²) in [5.74, 6) is 0.0304. The normalized spacial score (nSPS) is 16.4. The van der Waals surface area contributed by atoms with Crippen LogP contribution in [0.25, 0.3) is 0 Å². The maximum absolute atomic E-state index is 12.9. The highest BCUT2D eigenvalue weighted by Gasteiger charge is 2.26. The van der Waals surface area contributed by atoms with Crippen LogP contribution in [-0.4, -0.2) is 48.5 Å². The summed E-state index contributed by atoms with van der Waals surface area (Å²) in [5.41, 5.74) is 2.74. The summed E-state index contributed by atoms with van der Waals surface area (Å²) in [6.07, 6.45) is 5.17. The summed E-state index contributed by atoms with van der Waals surface area (Å²) in [7, 11) is 3.96. The van der Waals surface area contributed by atoms with E-state index < -0.39 is 0 Å². The average Bonchev–Trinajstić information content (AvgIpc) is 3.35. The van der Waals surface area contributed by atoms with Crippen LogP contribution in [0.1, 0.15) is 46.6 Å². The summed E-state index contributed by atoms with van der Waals surface area (Å²) >= 11 is 1.46. The van der Waals surface area contributed by atoms with Gasteiger partial charge in [0, 0.05) is 49.2 Å². The zero-order valence-corrected chi connectivity index (χ0v) is 17.7. The monoisotopic (exact) mass is 413 g/mol. The Morgan fingerprint density at radius 3 is 2.59 bits per heavy atom. The first-order valence-electron chi connectivity index (χ1n) is 10.1. The number of urea groups is 1. The highest BCUT2D eigenvalue weighted by molar-refractivity contribution is 7.15. The lowest BCUT2D eigenvalue weighted by Gasteiger charge is -2.26. The van der Waals surface area contributed by atoms with Crippen molar-refractivity contribution in [2.45, 2.75) is 44.7 Å². The number of nitrogens with zero attached hydrogens (tertiary/aromatic N) is 3. The number of hydrogen-bond acceptors (Lipinski definition) is 5. The number of thiazole rings is 1. The Labute approximate surface area is 175 Å². The summed E-state index contributed by atoms with van der Waals surface area (Å²) in [6.45, 7) is 1.17. The van der Waals surface area contributed by atoms with Crippen LogP contribution in [0, 0.1) is 0 Å². The zero-order chi connectivity index (χ0) is 20.4. The van der Waals surface area contributed by atoms with Gasteiger partial charge in [-0.1, -0.05) is 24.2 Å². The fraction of sp³-hybridized carbons (Fsp3) is 0.476. The molecule has 8 heteroatoms. The molecule has 0 radical (unpaired) electrons. The summed E-state index contributed by atoms with van der Waals surface area (Å²) in [6, 6.07) is 7.76. The van der Waals surface area contributed by atoms with Gasteiger partial charge >= 0.3 is 6.03 Å². The number of hydrogen-bond donors (Lipinski definition) is 2. The van der Waals surface area contributed by atoms with Gasteiger partial charge in [-0.25, -0.2) is 9.78 Å². The smallest absolute Gasteiger partial charge is 0.321 e. The lowest BCUT2D eigenvalue weighted by Crippen LogP contribution is -2.36. The molecule has 3 amide bonds. The van der Waals surface area contributed by atoms with Crippen molar-refractivity contribution < 1.29 is 9.59 Å². The molecular formula is C21H27N5O2S. The Bertz CT molecular complexity index is 887. The van der Waals surface area contributed by atoms with Gasteiger partial charge in [0.1, 0.15) is 0 Å². The van der Waals surface area contributed by atoms with E-state index >= 15 is 0 Å². The molecule has 1 aromatic carbocycles. The molecule has 1 aliphatic carbocycles. The first-order valence-corrected chi connectivity index (χ1v) is 10.9. The third-order valence-electron chi connectivity index (χ3n) is 5.56. The second-order valence-corrected chi connectivity index (χ2v) is 8.97. The van der Waals surface area contributed by atoms with Crippen molar-refractivity contribution in [2.24, 2.45) is 0 Å². The van der Waals surface area contributed by atoms with Crippen molar-refractivity contribution in [1.82, 2.24) is 15.2 Å². The number of fused-ring (bicyclic) bond motifs is 1. The first kappa shape index (κ1) is 19.7. The van der Waals surface area contributed by atoms with E-state index in [0.717, 1.165) is 29.1 Å². The highest BCUT2D eigenvalue weighted by Crippen LogP contribution is 2.29. The van der Waals surface area contributed by atoms with E-state index in [1.807, 2.05) is 48.2 Å². The van der Waals surface area contributed by atoms with E-state index in [9.17, 15) is 9.59 Å². The van der Waals surface area contributed by atoms with Crippen LogP contribution in [-0.2, 0) is 13.0 Å². The van der Waals surface area contributed by atoms with Gasteiger partial charge in [-0.15, -0.1) is 0 Å². The maximum atomic E-state index is 12.9.